The molecule has 21 heavy (non-hydrogen) atoms. The molecular weight excluding hydrogens is 280 g/mol. The van der Waals surface area contributed by atoms with E-state index in [9.17, 15) is 9.59 Å². The monoisotopic (exact) mass is 304 g/mol. The van der Waals surface area contributed by atoms with Gasteiger partial charge in [-0.05, 0) is 0 Å². The van der Waals surface area contributed by atoms with Gasteiger partial charge in [-0.3, -0.25) is 4.79 Å². The average molecular weight is 304 g/mol. The van der Waals surface area contributed by atoms with Gasteiger partial charge in [0.2, 0.25) is 0 Å². The first-order valence-corrected chi connectivity index (χ1v) is 6.93. The molecule has 8 nitrogen and oxygen atoms in total. The fraction of sp³-hybridized carbons (Fsp3) is 0.846. The third-order valence-electron chi connectivity index (χ3n) is 3.21. The number of methoxy groups -OCH3 is 2. The summed E-state index contributed by atoms with van der Waals surface area (Å²) in [5.74, 6) is -0.926. The van der Waals surface area contributed by atoms with Crippen molar-refractivity contribution in [1.29, 1.82) is 0 Å². The lowest BCUT2D eigenvalue weighted by Gasteiger charge is -2.36. The third-order valence-corrected chi connectivity index (χ3v) is 3.21. The molecule has 1 aliphatic heterocycles. The van der Waals surface area contributed by atoms with Crippen molar-refractivity contribution in [1.82, 2.24) is 9.80 Å². The summed E-state index contributed by atoms with van der Waals surface area (Å²) in [7, 11) is 3.16. The van der Waals surface area contributed by atoms with Crippen LogP contribution in [0.2, 0.25) is 0 Å². The zero-order chi connectivity index (χ0) is 15.7. The Morgan fingerprint density at radius 1 is 1.29 bits per heavy atom. The van der Waals surface area contributed by atoms with E-state index in [2.05, 4.69) is 0 Å². The van der Waals surface area contributed by atoms with Crippen LogP contribution in [0, 0.1) is 0 Å². The molecule has 0 aromatic rings. The van der Waals surface area contributed by atoms with E-state index in [1.165, 1.54) is 0 Å². The van der Waals surface area contributed by atoms with Crippen LogP contribution < -0.4 is 0 Å². The van der Waals surface area contributed by atoms with Gasteiger partial charge in [-0.25, -0.2) is 4.79 Å². The number of hydrogen-bond donors (Lipinski definition) is 1. The van der Waals surface area contributed by atoms with Crippen LogP contribution in [-0.4, -0.2) is 93.2 Å². The normalized spacial score (nSPS) is 18.6. The van der Waals surface area contributed by atoms with Gasteiger partial charge in [0, 0.05) is 40.4 Å². The molecule has 1 unspecified atom stereocenters. The molecule has 0 saturated carbocycles. The van der Waals surface area contributed by atoms with Crippen molar-refractivity contribution in [2.45, 2.75) is 12.5 Å². The number of amides is 2. The topological polar surface area (TPSA) is 88.5 Å². The summed E-state index contributed by atoms with van der Waals surface area (Å²) in [6, 6.07) is -0.136. The predicted octanol–water partition coefficient (Wildman–Crippen LogP) is -0.123. The molecular formula is C13H24N2O6. The number of nitrogens with zero attached hydrogens (tertiary/aromatic N) is 2. The predicted molar refractivity (Wildman–Crippen MR) is 74.3 cm³/mol. The average Bonchev–Trinajstić information content (AvgIpc) is 2.46. The molecule has 0 radical (unpaired) electrons. The van der Waals surface area contributed by atoms with Gasteiger partial charge in [0.25, 0.3) is 0 Å². The summed E-state index contributed by atoms with van der Waals surface area (Å²) < 4.78 is 15.4. The van der Waals surface area contributed by atoms with Crippen LogP contribution in [0.25, 0.3) is 0 Å². The molecule has 1 atom stereocenters. The number of carbonyl (C=O) groups is 2. The van der Waals surface area contributed by atoms with E-state index in [0.717, 1.165) is 0 Å². The highest BCUT2D eigenvalue weighted by molar-refractivity contribution is 5.75. The van der Waals surface area contributed by atoms with E-state index in [-0.39, 0.29) is 12.5 Å². The summed E-state index contributed by atoms with van der Waals surface area (Å²) in [4.78, 5) is 26.5. The zero-order valence-electron chi connectivity index (χ0n) is 12.6. The molecule has 0 aromatic heterocycles. The maximum absolute atomic E-state index is 12.5. The van der Waals surface area contributed by atoms with Crippen molar-refractivity contribution in [2.75, 3.05) is 60.2 Å². The molecule has 0 bridgehead atoms. The van der Waals surface area contributed by atoms with Gasteiger partial charge in [0.05, 0.1) is 32.3 Å². The summed E-state index contributed by atoms with van der Waals surface area (Å²) in [6.45, 7) is 2.94. The standard InChI is InChI=1S/C13H24N2O6/c1-19-6-3-14(4-7-20-2)13(18)15-5-8-21-11(10-15)9-12(16)17/h11H,3-10H2,1-2H3,(H,16,17). The zero-order valence-corrected chi connectivity index (χ0v) is 12.6. The largest absolute Gasteiger partial charge is 0.481 e. The van der Waals surface area contributed by atoms with E-state index < -0.39 is 12.1 Å². The number of morpholine rings is 1. The first kappa shape index (κ1) is 17.7. The van der Waals surface area contributed by atoms with Crippen molar-refractivity contribution >= 4 is 12.0 Å². The minimum Gasteiger partial charge on any atom is -0.481 e. The number of aliphatic carboxylic acids is 1. The van der Waals surface area contributed by atoms with Crippen LogP contribution in [0.4, 0.5) is 4.79 Å². The maximum Gasteiger partial charge on any atom is 0.320 e. The quantitative estimate of drug-likeness (QED) is 0.672. The van der Waals surface area contributed by atoms with Gasteiger partial charge < -0.3 is 29.1 Å². The summed E-state index contributed by atoms with van der Waals surface area (Å²) in [5, 5.41) is 8.81. The van der Waals surface area contributed by atoms with Crippen LogP contribution in [0.5, 0.6) is 0 Å². The van der Waals surface area contributed by atoms with Gasteiger partial charge in [-0.1, -0.05) is 0 Å². The van der Waals surface area contributed by atoms with Gasteiger partial charge in [-0.2, -0.15) is 0 Å². The van der Waals surface area contributed by atoms with E-state index in [0.29, 0.717) is 46.0 Å². The second kappa shape index (κ2) is 9.54. The van der Waals surface area contributed by atoms with Gasteiger partial charge in [0.1, 0.15) is 0 Å². The van der Waals surface area contributed by atoms with Gasteiger partial charge in [0.15, 0.2) is 0 Å². The number of urea groups is 1. The second-order valence-corrected chi connectivity index (χ2v) is 4.79. The van der Waals surface area contributed by atoms with Crippen LogP contribution in [0.3, 0.4) is 0 Å². The fourth-order valence-corrected chi connectivity index (χ4v) is 2.12. The number of rotatable bonds is 8. The Morgan fingerprint density at radius 3 is 2.43 bits per heavy atom. The lowest BCUT2D eigenvalue weighted by molar-refractivity contribution is -0.141. The molecule has 0 aliphatic carbocycles. The Hall–Kier alpha value is -1.38. The Kier molecular flexibility index (Phi) is 8.03. The highest BCUT2D eigenvalue weighted by atomic mass is 16.5. The molecule has 2 amide bonds. The second-order valence-electron chi connectivity index (χ2n) is 4.79. The third kappa shape index (κ3) is 6.28. The van der Waals surface area contributed by atoms with E-state index >= 15 is 0 Å². The number of ether oxygens (including phenoxy) is 3. The van der Waals surface area contributed by atoms with Crippen molar-refractivity contribution < 1.29 is 28.9 Å². The molecule has 1 N–H and O–H groups in total. The lowest BCUT2D eigenvalue weighted by Crippen LogP contribution is -2.52. The first-order valence-electron chi connectivity index (χ1n) is 6.93. The van der Waals surface area contributed by atoms with Crippen LogP contribution in [-0.2, 0) is 19.0 Å². The van der Waals surface area contributed by atoms with Crippen molar-refractivity contribution in [3.8, 4) is 0 Å². The molecule has 8 heteroatoms. The van der Waals surface area contributed by atoms with Crippen LogP contribution in [0.1, 0.15) is 6.42 Å². The summed E-state index contributed by atoms with van der Waals surface area (Å²) in [5.41, 5.74) is 0. The van der Waals surface area contributed by atoms with E-state index in [4.69, 9.17) is 19.3 Å². The minimum absolute atomic E-state index is 0.0973. The Balaban J connectivity index is 2.57. The van der Waals surface area contributed by atoms with Crippen molar-refractivity contribution in [2.24, 2.45) is 0 Å². The SMILES string of the molecule is COCCN(CCOC)C(=O)N1CCOC(CC(=O)O)C1. The molecule has 0 aromatic carbocycles. The van der Waals surface area contributed by atoms with Crippen LogP contribution in [0.15, 0.2) is 0 Å². The Labute approximate surface area is 124 Å². The van der Waals surface area contributed by atoms with E-state index in [1.54, 1.807) is 24.0 Å². The molecule has 1 aliphatic rings. The first-order chi connectivity index (χ1) is 10.1. The molecule has 1 heterocycles. The summed E-state index contributed by atoms with van der Waals surface area (Å²) in [6.07, 6.45) is -0.549. The number of carboxylic acid groups (broad SMARTS) is 1. The van der Waals surface area contributed by atoms with Gasteiger partial charge in [-0.15, -0.1) is 0 Å². The molecule has 0 spiro atoms. The molecule has 1 fully saturated rings. The van der Waals surface area contributed by atoms with Crippen LogP contribution >= 0.6 is 0 Å². The molecule has 1 saturated heterocycles. The van der Waals surface area contributed by atoms with Gasteiger partial charge >= 0.3 is 12.0 Å². The summed E-state index contributed by atoms with van der Waals surface area (Å²) >= 11 is 0. The molecule has 122 valence electrons. The highest BCUT2D eigenvalue weighted by Crippen LogP contribution is 2.11. The van der Waals surface area contributed by atoms with Crippen molar-refractivity contribution in [3.63, 3.8) is 0 Å². The number of hydrogen-bond acceptors (Lipinski definition) is 5. The lowest BCUT2D eigenvalue weighted by atomic mass is 10.2. The number of carbonyl (C=O) groups excluding carboxylic acids is 1. The highest BCUT2D eigenvalue weighted by Gasteiger charge is 2.28. The fourth-order valence-electron chi connectivity index (χ4n) is 2.12. The minimum atomic E-state index is -0.926. The smallest absolute Gasteiger partial charge is 0.320 e. The maximum atomic E-state index is 12.5. The van der Waals surface area contributed by atoms with E-state index in [1.807, 2.05) is 0 Å². The van der Waals surface area contributed by atoms with Crippen molar-refractivity contribution in [3.05, 3.63) is 0 Å². The Bertz CT molecular complexity index is 331. The number of carboxylic acids is 1. The Morgan fingerprint density at radius 2 is 1.90 bits per heavy atom. The molecule has 1 rings (SSSR count).